The van der Waals surface area contributed by atoms with Gasteiger partial charge in [0.15, 0.2) is 11.7 Å². The standard InChI is InChI=1S/C18H15N5O2/c1-11-20-16(9-25-11)18(24)7-14-6-13-5-12(3-4-15(13)22-21-14)17-8-19-10-23(17)2/h3-6,8-10H,7H2,1-2H3. The fourth-order valence-electron chi connectivity index (χ4n) is 2.72. The Morgan fingerprint density at radius 2 is 2.12 bits per heavy atom. The van der Waals surface area contributed by atoms with Crippen LogP contribution in [-0.4, -0.2) is 30.5 Å². The van der Waals surface area contributed by atoms with Gasteiger partial charge in [-0.15, -0.1) is 0 Å². The number of rotatable bonds is 4. The Morgan fingerprint density at radius 1 is 1.24 bits per heavy atom. The van der Waals surface area contributed by atoms with Crippen LogP contribution >= 0.6 is 0 Å². The maximum absolute atomic E-state index is 12.3. The fourth-order valence-corrected chi connectivity index (χ4v) is 2.72. The molecule has 7 heteroatoms. The van der Waals surface area contributed by atoms with Crippen molar-refractivity contribution in [2.24, 2.45) is 7.05 Å². The van der Waals surface area contributed by atoms with Crippen molar-refractivity contribution >= 4 is 16.7 Å². The molecule has 3 aromatic heterocycles. The maximum Gasteiger partial charge on any atom is 0.191 e. The van der Waals surface area contributed by atoms with Crippen molar-refractivity contribution in [3.8, 4) is 11.3 Å². The van der Waals surface area contributed by atoms with E-state index < -0.39 is 0 Å². The van der Waals surface area contributed by atoms with Gasteiger partial charge < -0.3 is 8.98 Å². The van der Waals surface area contributed by atoms with Gasteiger partial charge in [0.25, 0.3) is 0 Å². The minimum atomic E-state index is -0.145. The molecular formula is C18H15N5O2. The summed E-state index contributed by atoms with van der Waals surface area (Å²) in [5.41, 5.74) is 3.72. The molecule has 0 fully saturated rings. The highest BCUT2D eigenvalue weighted by molar-refractivity contribution is 5.95. The van der Waals surface area contributed by atoms with Gasteiger partial charge >= 0.3 is 0 Å². The van der Waals surface area contributed by atoms with E-state index in [9.17, 15) is 4.79 Å². The monoisotopic (exact) mass is 333 g/mol. The first-order chi connectivity index (χ1) is 12.1. The molecule has 0 spiro atoms. The molecule has 4 aromatic rings. The molecule has 124 valence electrons. The first-order valence-corrected chi connectivity index (χ1v) is 7.78. The Labute approximate surface area is 143 Å². The van der Waals surface area contributed by atoms with Gasteiger partial charge in [0, 0.05) is 24.9 Å². The van der Waals surface area contributed by atoms with Gasteiger partial charge in [-0.3, -0.25) is 4.79 Å². The smallest absolute Gasteiger partial charge is 0.191 e. The number of oxazole rings is 1. The lowest BCUT2D eigenvalue weighted by atomic mass is 10.1. The largest absolute Gasteiger partial charge is 0.449 e. The molecule has 0 bridgehead atoms. The zero-order valence-corrected chi connectivity index (χ0v) is 13.8. The molecule has 7 nitrogen and oxygen atoms in total. The Hall–Kier alpha value is -3.35. The van der Waals surface area contributed by atoms with E-state index in [2.05, 4.69) is 20.2 Å². The van der Waals surface area contributed by atoms with Crippen molar-refractivity contribution in [1.29, 1.82) is 0 Å². The summed E-state index contributed by atoms with van der Waals surface area (Å²) in [5, 5.41) is 9.28. The fraction of sp³-hybridized carbons (Fsp3) is 0.167. The molecular weight excluding hydrogens is 318 g/mol. The van der Waals surface area contributed by atoms with Gasteiger partial charge in [0.2, 0.25) is 0 Å². The van der Waals surface area contributed by atoms with E-state index in [0.717, 1.165) is 22.2 Å². The molecule has 0 atom stereocenters. The van der Waals surface area contributed by atoms with Crippen molar-refractivity contribution in [2.45, 2.75) is 13.3 Å². The number of aryl methyl sites for hydroxylation is 2. The zero-order chi connectivity index (χ0) is 17.4. The second-order valence-corrected chi connectivity index (χ2v) is 5.85. The third-order valence-electron chi connectivity index (χ3n) is 3.99. The second-order valence-electron chi connectivity index (χ2n) is 5.85. The summed E-state index contributed by atoms with van der Waals surface area (Å²) < 4.78 is 7.04. The zero-order valence-electron chi connectivity index (χ0n) is 13.8. The van der Waals surface area contributed by atoms with Crippen LogP contribution in [0.5, 0.6) is 0 Å². The van der Waals surface area contributed by atoms with Crippen LogP contribution in [0.2, 0.25) is 0 Å². The molecule has 0 unspecified atom stereocenters. The predicted molar refractivity (Wildman–Crippen MR) is 91.0 cm³/mol. The van der Waals surface area contributed by atoms with E-state index in [1.807, 2.05) is 42.1 Å². The van der Waals surface area contributed by atoms with E-state index in [4.69, 9.17) is 4.42 Å². The van der Waals surface area contributed by atoms with E-state index in [1.54, 1.807) is 13.3 Å². The summed E-state index contributed by atoms with van der Waals surface area (Å²) in [6.45, 7) is 1.70. The minimum Gasteiger partial charge on any atom is -0.449 e. The molecule has 0 aliphatic carbocycles. The topological polar surface area (TPSA) is 86.7 Å². The van der Waals surface area contributed by atoms with Gasteiger partial charge in [-0.2, -0.15) is 10.2 Å². The Kier molecular flexibility index (Phi) is 3.61. The number of hydrogen-bond donors (Lipinski definition) is 0. The van der Waals surface area contributed by atoms with Crippen LogP contribution in [0.3, 0.4) is 0 Å². The molecule has 1 aromatic carbocycles. The third-order valence-corrected chi connectivity index (χ3v) is 3.99. The summed E-state index contributed by atoms with van der Waals surface area (Å²) >= 11 is 0. The molecule has 0 saturated heterocycles. The summed E-state index contributed by atoms with van der Waals surface area (Å²) in [6.07, 6.45) is 5.07. The van der Waals surface area contributed by atoms with Crippen molar-refractivity contribution in [3.63, 3.8) is 0 Å². The number of fused-ring (bicyclic) bond motifs is 1. The van der Waals surface area contributed by atoms with Crippen LogP contribution < -0.4 is 0 Å². The van der Waals surface area contributed by atoms with E-state index in [0.29, 0.717) is 17.3 Å². The highest BCUT2D eigenvalue weighted by Gasteiger charge is 2.13. The number of aromatic nitrogens is 5. The molecule has 4 rings (SSSR count). The van der Waals surface area contributed by atoms with Crippen molar-refractivity contribution < 1.29 is 9.21 Å². The van der Waals surface area contributed by atoms with Gasteiger partial charge in [0.1, 0.15) is 12.0 Å². The highest BCUT2D eigenvalue weighted by atomic mass is 16.3. The van der Waals surface area contributed by atoms with Crippen LogP contribution in [0.4, 0.5) is 0 Å². The average Bonchev–Trinajstić information content (AvgIpc) is 3.22. The molecule has 0 amide bonds. The SMILES string of the molecule is Cc1nc(C(=O)Cc2cc3cc(-c4cncn4C)ccc3nn2)co1. The Bertz CT molecular complexity index is 1080. The van der Waals surface area contributed by atoms with Gasteiger partial charge in [0.05, 0.1) is 35.8 Å². The van der Waals surface area contributed by atoms with Crippen molar-refractivity contribution in [1.82, 2.24) is 24.7 Å². The molecule has 0 radical (unpaired) electrons. The molecule has 0 saturated carbocycles. The molecule has 0 aliphatic rings. The average molecular weight is 333 g/mol. The minimum absolute atomic E-state index is 0.130. The van der Waals surface area contributed by atoms with Gasteiger partial charge in [-0.25, -0.2) is 9.97 Å². The molecule has 3 heterocycles. The van der Waals surface area contributed by atoms with Crippen molar-refractivity contribution in [2.75, 3.05) is 0 Å². The van der Waals surface area contributed by atoms with E-state index >= 15 is 0 Å². The first kappa shape index (κ1) is 15.2. The first-order valence-electron chi connectivity index (χ1n) is 7.78. The van der Waals surface area contributed by atoms with Gasteiger partial charge in [-0.05, 0) is 18.2 Å². The summed E-state index contributed by atoms with van der Waals surface area (Å²) in [4.78, 5) is 20.5. The number of Topliss-reactive ketones (excluding diaryl/α,β-unsaturated/α-hetero) is 1. The van der Waals surface area contributed by atoms with Crippen molar-refractivity contribution in [3.05, 3.63) is 60.3 Å². The van der Waals surface area contributed by atoms with Crippen LogP contribution in [0.1, 0.15) is 22.1 Å². The Balaban J connectivity index is 1.67. The Morgan fingerprint density at radius 3 is 2.84 bits per heavy atom. The number of hydrogen-bond acceptors (Lipinski definition) is 6. The molecule has 25 heavy (non-hydrogen) atoms. The van der Waals surface area contributed by atoms with Crippen LogP contribution in [0, 0.1) is 6.92 Å². The molecule has 0 aliphatic heterocycles. The number of carbonyl (C=O) groups excluding carboxylic acids is 1. The van der Waals surface area contributed by atoms with Crippen LogP contribution in [0.25, 0.3) is 22.2 Å². The normalized spacial score (nSPS) is 11.1. The number of imidazole rings is 1. The summed E-state index contributed by atoms with van der Waals surface area (Å²) in [6, 6.07) is 7.80. The van der Waals surface area contributed by atoms with E-state index in [-0.39, 0.29) is 12.2 Å². The van der Waals surface area contributed by atoms with Gasteiger partial charge in [-0.1, -0.05) is 6.07 Å². The quantitative estimate of drug-likeness (QED) is 0.534. The number of nitrogens with zero attached hydrogens (tertiary/aromatic N) is 5. The maximum atomic E-state index is 12.3. The predicted octanol–water partition coefficient (Wildman–Crippen LogP) is 2.75. The number of benzene rings is 1. The summed E-state index contributed by atoms with van der Waals surface area (Å²) in [7, 11) is 1.95. The van der Waals surface area contributed by atoms with Crippen LogP contribution in [-0.2, 0) is 13.5 Å². The molecule has 0 N–H and O–H groups in total. The summed E-state index contributed by atoms with van der Waals surface area (Å²) in [5.74, 6) is 0.321. The number of carbonyl (C=O) groups is 1. The second kappa shape index (κ2) is 5.94. The lowest BCUT2D eigenvalue weighted by Gasteiger charge is -2.05. The van der Waals surface area contributed by atoms with Crippen LogP contribution in [0.15, 0.2) is 47.5 Å². The number of ketones is 1. The lowest BCUT2D eigenvalue weighted by Crippen LogP contribution is -2.06. The third kappa shape index (κ3) is 2.91. The highest BCUT2D eigenvalue weighted by Crippen LogP contribution is 2.23. The lowest BCUT2D eigenvalue weighted by molar-refractivity contribution is 0.0987. The van der Waals surface area contributed by atoms with E-state index in [1.165, 1.54) is 6.26 Å².